The molecule has 0 aliphatic carbocycles. The number of fused-ring (bicyclic) bond motifs is 2. The normalized spacial score (nSPS) is 16.3. The Hall–Kier alpha value is -2.22. The first-order valence-electron chi connectivity index (χ1n) is 7.30. The number of benzene rings is 1. The lowest BCUT2D eigenvalue weighted by atomic mass is 10.2. The zero-order chi connectivity index (χ0) is 16.1. The minimum Gasteiger partial charge on any atom is -0.484 e. The van der Waals surface area contributed by atoms with Crippen LogP contribution in [0.3, 0.4) is 0 Å². The summed E-state index contributed by atoms with van der Waals surface area (Å²) >= 11 is 5.97. The Balaban J connectivity index is 2.05. The zero-order valence-electron chi connectivity index (χ0n) is 12.1. The highest BCUT2D eigenvalue weighted by atomic mass is 35.5. The molecule has 4 rings (SSSR count). The van der Waals surface area contributed by atoms with E-state index in [1.165, 1.54) is 9.36 Å². The van der Waals surface area contributed by atoms with E-state index in [-0.39, 0.29) is 35.4 Å². The van der Waals surface area contributed by atoms with Crippen LogP contribution >= 0.6 is 11.6 Å². The molecular formula is C14H13ClFN3O4. The molecule has 2 aromatic rings. The Morgan fingerprint density at radius 2 is 1.57 bits per heavy atom. The van der Waals surface area contributed by atoms with Gasteiger partial charge in [0.15, 0.2) is 17.3 Å². The fraction of sp³-hybridized carbons (Fsp3) is 0.429. The minimum atomic E-state index is -0.804. The van der Waals surface area contributed by atoms with E-state index in [0.717, 1.165) is 23.5 Å². The number of ether oxygens (including phenoxy) is 2. The summed E-state index contributed by atoms with van der Waals surface area (Å²) in [5.41, 5.74) is -1.42. The molecule has 3 heterocycles. The molecular weight excluding hydrogens is 329 g/mol. The second-order valence-corrected chi connectivity index (χ2v) is 5.81. The highest BCUT2D eigenvalue weighted by molar-refractivity contribution is 6.32. The highest BCUT2D eigenvalue weighted by Gasteiger charge is 2.29. The van der Waals surface area contributed by atoms with Crippen molar-refractivity contribution in [2.45, 2.75) is 25.9 Å². The predicted octanol–water partition coefficient (Wildman–Crippen LogP) is 1.16. The number of nitrogens with zero attached hydrogens (tertiary/aromatic N) is 3. The van der Waals surface area contributed by atoms with Crippen LogP contribution in [0, 0.1) is 5.82 Å². The van der Waals surface area contributed by atoms with E-state index >= 15 is 0 Å². The molecule has 0 saturated heterocycles. The number of hydrogen-bond donors (Lipinski definition) is 0. The van der Waals surface area contributed by atoms with Gasteiger partial charge in [-0.15, -0.1) is 0 Å². The molecule has 0 saturated carbocycles. The molecule has 122 valence electrons. The fourth-order valence-electron chi connectivity index (χ4n) is 3.00. The van der Waals surface area contributed by atoms with Crippen molar-refractivity contribution < 1.29 is 13.9 Å². The Kier molecular flexibility index (Phi) is 3.22. The zero-order valence-corrected chi connectivity index (χ0v) is 12.8. The lowest BCUT2D eigenvalue weighted by molar-refractivity contribution is 0.170. The summed E-state index contributed by atoms with van der Waals surface area (Å²) in [6.07, 6.45) is 1.59. The summed E-state index contributed by atoms with van der Waals surface area (Å²) in [6.45, 7) is 1.30. The molecule has 7 nitrogen and oxygen atoms in total. The molecule has 0 N–H and O–H groups in total. The van der Waals surface area contributed by atoms with Gasteiger partial charge in [-0.1, -0.05) is 11.6 Å². The Morgan fingerprint density at radius 1 is 1.00 bits per heavy atom. The fourth-order valence-corrected chi connectivity index (χ4v) is 3.24. The Morgan fingerprint density at radius 3 is 2.17 bits per heavy atom. The average Bonchev–Trinajstić information content (AvgIpc) is 2.81. The quantitative estimate of drug-likeness (QED) is 0.780. The van der Waals surface area contributed by atoms with Gasteiger partial charge in [-0.2, -0.15) is 0 Å². The second kappa shape index (κ2) is 5.16. The van der Waals surface area contributed by atoms with E-state index in [1.54, 1.807) is 0 Å². The molecule has 0 fully saturated rings. The van der Waals surface area contributed by atoms with Crippen LogP contribution in [0.15, 0.2) is 15.7 Å². The van der Waals surface area contributed by atoms with Crippen molar-refractivity contribution in [1.82, 2.24) is 13.9 Å². The molecule has 23 heavy (non-hydrogen) atoms. The van der Waals surface area contributed by atoms with E-state index in [0.29, 0.717) is 13.1 Å². The summed E-state index contributed by atoms with van der Waals surface area (Å²) in [7, 11) is 0. The smallest absolute Gasteiger partial charge is 0.352 e. The van der Waals surface area contributed by atoms with Crippen molar-refractivity contribution in [2.75, 3.05) is 13.2 Å². The van der Waals surface area contributed by atoms with Gasteiger partial charge in [-0.25, -0.2) is 27.9 Å². The van der Waals surface area contributed by atoms with Gasteiger partial charge < -0.3 is 9.47 Å². The van der Waals surface area contributed by atoms with Crippen molar-refractivity contribution in [3.8, 4) is 17.2 Å². The first kappa shape index (κ1) is 14.4. The van der Waals surface area contributed by atoms with Crippen LogP contribution in [-0.2, 0) is 13.1 Å². The van der Waals surface area contributed by atoms with Gasteiger partial charge in [0.25, 0.3) is 0 Å². The molecule has 9 heteroatoms. The third-order valence-electron chi connectivity index (χ3n) is 4.02. The standard InChI is InChI=1S/C14H13ClFN3O4/c15-8-7-9(16)10(12-11(8)22-5-6-23-12)19-13(20)17-3-1-2-4-18(17)14(19)21/h7H,1-6H2. The molecule has 0 bridgehead atoms. The summed E-state index contributed by atoms with van der Waals surface area (Å²) in [5, 5.41) is 0.0399. The average molecular weight is 342 g/mol. The topological polar surface area (TPSA) is 67.4 Å². The summed E-state index contributed by atoms with van der Waals surface area (Å²) in [6, 6.07) is 1.03. The van der Waals surface area contributed by atoms with Crippen LogP contribution in [0.25, 0.3) is 5.69 Å². The van der Waals surface area contributed by atoms with Crippen LogP contribution in [0.1, 0.15) is 12.8 Å². The van der Waals surface area contributed by atoms with Crippen LogP contribution in [0.5, 0.6) is 11.5 Å². The molecule has 1 aromatic carbocycles. The molecule has 1 aromatic heterocycles. The van der Waals surface area contributed by atoms with Crippen molar-refractivity contribution in [3.05, 3.63) is 37.9 Å². The van der Waals surface area contributed by atoms with E-state index < -0.39 is 17.2 Å². The number of halogens is 2. The third kappa shape index (κ3) is 2.01. The van der Waals surface area contributed by atoms with Gasteiger partial charge in [0.05, 0.1) is 5.02 Å². The highest BCUT2D eigenvalue weighted by Crippen LogP contribution is 2.42. The van der Waals surface area contributed by atoms with Gasteiger partial charge in [0.1, 0.15) is 18.9 Å². The third-order valence-corrected chi connectivity index (χ3v) is 4.30. The largest absolute Gasteiger partial charge is 0.484 e. The summed E-state index contributed by atoms with van der Waals surface area (Å²) in [4.78, 5) is 25.1. The van der Waals surface area contributed by atoms with Crippen molar-refractivity contribution in [3.63, 3.8) is 0 Å². The maximum atomic E-state index is 14.5. The van der Waals surface area contributed by atoms with Crippen molar-refractivity contribution in [1.29, 1.82) is 0 Å². The van der Waals surface area contributed by atoms with Gasteiger partial charge in [0, 0.05) is 13.1 Å². The Labute approximate surface area is 134 Å². The van der Waals surface area contributed by atoms with E-state index in [1.807, 2.05) is 0 Å². The molecule has 0 atom stereocenters. The van der Waals surface area contributed by atoms with Gasteiger partial charge >= 0.3 is 11.4 Å². The minimum absolute atomic E-state index is 0.0102. The lowest BCUT2D eigenvalue weighted by Gasteiger charge is -2.22. The van der Waals surface area contributed by atoms with Crippen LogP contribution < -0.4 is 20.9 Å². The molecule has 0 radical (unpaired) electrons. The Bertz CT molecular complexity index is 877. The van der Waals surface area contributed by atoms with Gasteiger partial charge in [-0.05, 0) is 18.9 Å². The monoisotopic (exact) mass is 341 g/mol. The first-order chi connectivity index (χ1) is 11.1. The van der Waals surface area contributed by atoms with Crippen LogP contribution in [0.2, 0.25) is 5.02 Å². The van der Waals surface area contributed by atoms with Crippen molar-refractivity contribution >= 4 is 11.6 Å². The molecule has 2 aliphatic heterocycles. The first-order valence-corrected chi connectivity index (χ1v) is 7.68. The van der Waals surface area contributed by atoms with Crippen molar-refractivity contribution in [2.24, 2.45) is 0 Å². The SMILES string of the molecule is O=c1n(-c2c(F)cc(Cl)c3c2OCCO3)c(=O)n2n1CCCC2. The van der Waals surface area contributed by atoms with E-state index in [9.17, 15) is 14.0 Å². The number of aromatic nitrogens is 3. The number of hydrogen-bond acceptors (Lipinski definition) is 4. The second-order valence-electron chi connectivity index (χ2n) is 5.40. The number of rotatable bonds is 1. The predicted molar refractivity (Wildman–Crippen MR) is 79.5 cm³/mol. The summed E-state index contributed by atoms with van der Waals surface area (Å²) in [5.74, 6) is -0.666. The molecule has 0 spiro atoms. The van der Waals surface area contributed by atoms with Crippen LogP contribution in [-0.4, -0.2) is 27.1 Å². The maximum Gasteiger partial charge on any atom is 0.352 e. The van der Waals surface area contributed by atoms with Gasteiger partial charge in [0.2, 0.25) is 0 Å². The molecule has 2 aliphatic rings. The summed E-state index contributed by atoms with van der Waals surface area (Å²) < 4.78 is 28.8. The van der Waals surface area contributed by atoms with Gasteiger partial charge in [-0.3, -0.25) is 0 Å². The molecule has 0 amide bonds. The lowest BCUT2D eigenvalue weighted by Crippen LogP contribution is -2.30. The van der Waals surface area contributed by atoms with Crippen LogP contribution in [0.4, 0.5) is 4.39 Å². The molecule has 0 unspecified atom stereocenters. The maximum absolute atomic E-state index is 14.5. The van der Waals surface area contributed by atoms with E-state index in [2.05, 4.69) is 0 Å². The van der Waals surface area contributed by atoms with E-state index in [4.69, 9.17) is 21.1 Å².